The predicted molar refractivity (Wildman–Crippen MR) is 135 cm³/mol. The van der Waals surface area contributed by atoms with E-state index in [0.29, 0.717) is 35.4 Å². The van der Waals surface area contributed by atoms with Crippen molar-refractivity contribution >= 4 is 28.5 Å². The van der Waals surface area contributed by atoms with Gasteiger partial charge in [0.05, 0.1) is 30.0 Å². The van der Waals surface area contributed by atoms with Crippen LogP contribution in [0.3, 0.4) is 0 Å². The molecule has 4 aromatic rings. The molecule has 0 radical (unpaired) electrons. The normalized spacial score (nSPS) is 10.8. The van der Waals surface area contributed by atoms with E-state index >= 15 is 0 Å². The third-order valence-electron chi connectivity index (χ3n) is 5.59. The molecule has 0 atom stereocenters. The molecule has 0 bridgehead atoms. The Kier molecular flexibility index (Phi) is 7.74. The summed E-state index contributed by atoms with van der Waals surface area (Å²) in [7, 11) is 3.06. The molecule has 0 aliphatic rings. The van der Waals surface area contributed by atoms with Gasteiger partial charge in [-0.25, -0.2) is 4.98 Å². The lowest BCUT2D eigenvalue weighted by atomic mass is 10.1. The number of rotatable bonds is 10. The second kappa shape index (κ2) is 11.3. The van der Waals surface area contributed by atoms with Crippen LogP contribution in [0.2, 0.25) is 0 Å². The average Bonchev–Trinajstić information content (AvgIpc) is 3.29. The van der Waals surface area contributed by atoms with E-state index in [4.69, 9.17) is 9.47 Å². The quantitative estimate of drug-likeness (QED) is 0.366. The number of carbonyl (C=O) groups is 2. The van der Waals surface area contributed by atoms with Crippen molar-refractivity contribution in [1.29, 1.82) is 0 Å². The molecule has 3 aromatic carbocycles. The Morgan fingerprint density at radius 1 is 0.971 bits per heavy atom. The molecule has 8 nitrogen and oxygen atoms in total. The number of methoxy groups -OCH3 is 2. The van der Waals surface area contributed by atoms with Crippen LogP contribution in [0.15, 0.2) is 73.1 Å². The minimum Gasteiger partial charge on any atom is -0.497 e. The maximum absolute atomic E-state index is 13.4. The number of hydrogen-bond acceptors (Lipinski definition) is 5. The Bertz CT molecular complexity index is 1320. The summed E-state index contributed by atoms with van der Waals surface area (Å²) in [5, 5.41) is 5.76. The second-order valence-corrected chi connectivity index (χ2v) is 8.08. The zero-order valence-corrected chi connectivity index (χ0v) is 19.8. The van der Waals surface area contributed by atoms with Crippen LogP contribution in [-0.2, 0) is 29.0 Å². The molecule has 1 aromatic heterocycles. The van der Waals surface area contributed by atoms with Crippen molar-refractivity contribution in [2.45, 2.75) is 19.5 Å². The van der Waals surface area contributed by atoms with Crippen molar-refractivity contribution in [2.75, 3.05) is 26.1 Å². The summed E-state index contributed by atoms with van der Waals surface area (Å²) >= 11 is 0. The number of imidazole rings is 1. The summed E-state index contributed by atoms with van der Waals surface area (Å²) in [4.78, 5) is 30.0. The van der Waals surface area contributed by atoms with E-state index in [9.17, 15) is 9.59 Å². The highest BCUT2D eigenvalue weighted by Gasteiger charge is 2.18. The van der Waals surface area contributed by atoms with Crippen molar-refractivity contribution in [3.63, 3.8) is 0 Å². The third-order valence-corrected chi connectivity index (χ3v) is 5.59. The van der Waals surface area contributed by atoms with E-state index in [1.165, 1.54) is 12.7 Å². The van der Waals surface area contributed by atoms with Crippen LogP contribution < -0.4 is 15.4 Å². The lowest BCUT2D eigenvalue weighted by Crippen LogP contribution is -2.24. The van der Waals surface area contributed by atoms with Gasteiger partial charge in [0.1, 0.15) is 12.4 Å². The van der Waals surface area contributed by atoms with Gasteiger partial charge in [0, 0.05) is 25.9 Å². The summed E-state index contributed by atoms with van der Waals surface area (Å²) < 4.78 is 12.2. The molecular formula is C27H28N4O4. The van der Waals surface area contributed by atoms with E-state index in [-0.39, 0.29) is 18.4 Å². The zero-order chi connectivity index (χ0) is 24.6. The lowest BCUT2D eigenvalue weighted by molar-refractivity contribution is -0.119. The molecule has 0 saturated carbocycles. The molecule has 0 aliphatic heterocycles. The molecule has 4 rings (SSSR count). The topological polar surface area (TPSA) is 94.5 Å². The van der Waals surface area contributed by atoms with E-state index < -0.39 is 0 Å². The number of fused-ring (bicyclic) bond motifs is 1. The number of amides is 2. The smallest absolute Gasteiger partial charge is 0.253 e. The molecule has 2 amide bonds. The Labute approximate surface area is 203 Å². The summed E-state index contributed by atoms with van der Waals surface area (Å²) in [6, 6.07) is 21.1. The number of benzene rings is 3. The molecule has 0 spiro atoms. The van der Waals surface area contributed by atoms with Gasteiger partial charge in [-0.15, -0.1) is 0 Å². The van der Waals surface area contributed by atoms with Gasteiger partial charge in [0.25, 0.3) is 5.91 Å². The van der Waals surface area contributed by atoms with E-state index in [1.807, 2.05) is 47.0 Å². The lowest BCUT2D eigenvalue weighted by Gasteiger charge is -2.13. The van der Waals surface area contributed by atoms with Crippen molar-refractivity contribution in [2.24, 2.45) is 0 Å². The molecule has 0 aliphatic carbocycles. The van der Waals surface area contributed by atoms with Gasteiger partial charge in [-0.05, 0) is 41.8 Å². The summed E-state index contributed by atoms with van der Waals surface area (Å²) in [6.45, 7) is 0.906. The molecule has 180 valence electrons. The summed E-state index contributed by atoms with van der Waals surface area (Å²) in [5.74, 6) is 0.154. The number of aromatic nitrogens is 2. The van der Waals surface area contributed by atoms with Gasteiger partial charge in [0.2, 0.25) is 5.91 Å². The number of carbonyl (C=O) groups excluding carboxylic acids is 2. The molecule has 8 heteroatoms. The Morgan fingerprint density at radius 2 is 1.77 bits per heavy atom. The van der Waals surface area contributed by atoms with Gasteiger partial charge in [-0.1, -0.05) is 42.5 Å². The summed E-state index contributed by atoms with van der Waals surface area (Å²) in [5.41, 5.74) is 4.37. The maximum Gasteiger partial charge on any atom is 0.253 e. The molecule has 0 fully saturated rings. The fraction of sp³-hybridized carbons (Fsp3) is 0.222. The first-order valence-corrected chi connectivity index (χ1v) is 11.3. The fourth-order valence-electron chi connectivity index (χ4n) is 3.91. The maximum atomic E-state index is 13.4. The SMILES string of the molecule is COCC(=O)Nc1cc(C(=O)NCc2cccc(OC)c2)c2c(c1)ncn2CCc1ccccc1. The standard InChI is InChI=1S/C27H28N4O4/c1-34-17-25(32)30-21-14-23(27(33)28-16-20-9-6-10-22(13-20)35-2)26-24(15-21)29-18-31(26)12-11-19-7-4-3-5-8-19/h3-10,13-15,18H,11-12,16-17H2,1-2H3,(H,28,33)(H,30,32). The number of aryl methyl sites for hydroxylation is 2. The Morgan fingerprint density at radius 3 is 2.54 bits per heavy atom. The van der Waals surface area contributed by atoms with Crippen molar-refractivity contribution in [3.05, 3.63) is 89.7 Å². The highest BCUT2D eigenvalue weighted by Crippen LogP contribution is 2.24. The number of anilines is 1. The summed E-state index contributed by atoms with van der Waals surface area (Å²) in [6.07, 6.45) is 2.52. The van der Waals surface area contributed by atoms with Gasteiger partial charge >= 0.3 is 0 Å². The monoisotopic (exact) mass is 472 g/mol. The zero-order valence-electron chi connectivity index (χ0n) is 19.8. The first-order valence-electron chi connectivity index (χ1n) is 11.3. The first kappa shape index (κ1) is 24.0. The molecule has 35 heavy (non-hydrogen) atoms. The molecular weight excluding hydrogens is 444 g/mol. The molecule has 1 heterocycles. The minimum atomic E-state index is -0.307. The predicted octanol–water partition coefficient (Wildman–Crippen LogP) is 3.80. The minimum absolute atomic E-state index is 0.0824. The van der Waals surface area contributed by atoms with Crippen LogP contribution in [-0.4, -0.2) is 42.2 Å². The van der Waals surface area contributed by atoms with Gasteiger partial charge < -0.3 is 24.7 Å². The number of hydrogen-bond donors (Lipinski definition) is 2. The molecule has 0 saturated heterocycles. The van der Waals surface area contributed by atoms with Crippen LogP contribution in [0.25, 0.3) is 11.0 Å². The number of nitrogens with zero attached hydrogens (tertiary/aromatic N) is 2. The van der Waals surface area contributed by atoms with Crippen LogP contribution in [0.1, 0.15) is 21.5 Å². The van der Waals surface area contributed by atoms with E-state index in [2.05, 4.69) is 27.8 Å². The molecule has 2 N–H and O–H groups in total. The average molecular weight is 473 g/mol. The van der Waals surface area contributed by atoms with Crippen LogP contribution >= 0.6 is 0 Å². The van der Waals surface area contributed by atoms with Crippen molar-refractivity contribution < 1.29 is 19.1 Å². The fourth-order valence-corrected chi connectivity index (χ4v) is 3.91. The van der Waals surface area contributed by atoms with Crippen molar-refractivity contribution in [1.82, 2.24) is 14.9 Å². The van der Waals surface area contributed by atoms with Crippen molar-refractivity contribution in [3.8, 4) is 5.75 Å². The van der Waals surface area contributed by atoms with Gasteiger partial charge in [-0.2, -0.15) is 0 Å². The second-order valence-electron chi connectivity index (χ2n) is 8.08. The van der Waals surface area contributed by atoms with Gasteiger partial charge in [-0.3, -0.25) is 9.59 Å². The van der Waals surface area contributed by atoms with E-state index in [0.717, 1.165) is 17.7 Å². The van der Waals surface area contributed by atoms with Crippen LogP contribution in [0, 0.1) is 0 Å². The first-order chi connectivity index (χ1) is 17.1. The van der Waals surface area contributed by atoms with E-state index in [1.54, 1.807) is 25.6 Å². The highest BCUT2D eigenvalue weighted by atomic mass is 16.5. The van der Waals surface area contributed by atoms with Crippen LogP contribution in [0.5, 0.6) is 5.75 Å². The van der Waals surface area contributed by atoms with Crippen LogP contribution in [0.4, 0.5) is 5.69 Å². The Balaban J connectivity index is 1.63. The largest absolute Gasteiger partial charge is 0.497 e. The number of ether oxygens (including phenoxy) is 2. The highest BCUT2D eigenvalue weighted by molar-refractivity contribution is 6.07. The number of nitrogens with one attached hydrogen (secondary N) is 2. The molecule has 0 unspecified atom stereocenters. The third kappa shape index (κ3) is 6.04. The Hall–Kier alpha value is -4.17. The van der Waals surface area contributed by atoms with Gasteiger partial charge in [0.15, 0.2) is 0 Å².